The lowest BCUT2D eigenvalue weighted by Gasteiger charge is -2.42. The zero-order chi connectivity index (χ0) is 22.8. The third-order valence-electron chi connectivity index (χ3n) is 5.76. The molecule has 2 aliphatic heterocycles. The van der Waals surface area contributed by atoms with E-state index < -0.39 is 0 Å². The number of fused-ring (bicyclic) bond motifs is 1. The van der Waals surface area contributed by atoms with Crippen LogP contribution in [0.3, 0.4) is 0 Å². The van der Waals surface area contributed by atoms with Crippen molar-refractivity contribution >= 4 is 39.3 Å². The maximum atomic E-state index is 13.2. The lowest BCUT2D eigenvalue weighted by Crippen LogP contribution is -2.47. The van der Waals surface area contributed by atoms with Gasteiger partial charge in [-0.25, -0.2) is 0 Å². The van der Waals surface area contributed by atoms with Gasteiger partial charge >= 0.3 is 0 Å². The standard InChI is InChI=1S/C24H24BrN3O3S/c1-3-15-5-7-17(8-6-15)27-13-28-22(29)11-18(19(12-26)24(28)32-14-27)16-9-20(25)23(30)21(10-16)31-4-2/h5-10,18,30H,3-4,11,13-14H2,1-2H3. The SMILES string of the molecule is CCOc1cc(C2CC(=O)N3CN(c4ccc(CC)cc4)CSC3=C2C#N)cc(Br)c1O. The van der Waals surface area contributed by atoms with E-state index in [4.69, 9.17) is 4.74 Å². The van der Waals surface area contributed by atoms with Crippen molar-refractivity contribution in [1.82, 2.24) is 4.90 Å². The first-order valence-corrected chi connectivity index (χ1v) is 12.3. The first-order chi connectivity index (χ1) is 15.5. The molecule has 1 unspecified atom stereocenters. The largest absolute Gasteiger partial charge is 0.503 e. The van der Waals surface area contributed by atoms with Crippen LogP contribution in [0, 0.1) is 11.3 Å². The van der Waals surface area contributed by atoms with Crippen molar-refractivity contribution in [3.8, 4) is 17.6 Å². The fourth-order valence-corrected chi connectivity index (χ4v) is 5.64. The van der Waals surface area contributed by atoms with Crippen molar-refractivity contribution in [2.24, 2.45) is 0 Å². The number of carbonyl (C=O) groups is 1. The molecule has 0 bridgehead atoms. The third-order valence-corrected chi connectivity index (χ3v) is 7.52. The number of benzene rings is 2. The molecule has 6 nitrogen and oxygen atoms in total. The molecule has 4 rings (SSSR count). The summed E-state index contributed by atoms with van der Waals surface area (Å²) in [7, 11) is 0. The summed E-state index contributed by atoms with van der Waals surface area (Å²) in [4.78, 5) is 17.0. The van der Waals surface area contributed by atoms with E-state index in [0.29, 0.717) is 34.9 Å². The van der Waals surface area contributed by atoms with Crippen molar-refractivity contribution in [3.63, 3.8) is 0 Å². The Bertz CT molecular complexity index is 1110. The van der Waals surface area contributed by atoms with Gasteiger partial charge in [0.1, 0.15) is 0 Å². The summed E-state index contributed by atoms with van der Waals surface area (Å²) in [6, 6.07) is 14.2. The van der Waals surface area contributed by atoms with Crippen LogP contribution < -0.4 is 9.64 Å². The number of rotatable bonds is 5. The molecule has 0 aliphatic carbocycles. The Kier molecular flexibility index (Phi) is 6.68. The average Bonchev–Trinajstić information content (AvgIpc) is 2.82. The van der Waals surface area contributed by atoms with Crippen molar-refractivity contribution in [1.29, 1.82) is 5.26 Å². The number of allylic oxidation sites excluding steroid dienone is 1. The van der Waals surface area contributed by atoms with Gasteiger partial charge in [0.2, 0.25) is 5.91 Å². The van der Waals surface area contributed by atoms with Crippen LogP contribution in [0.15, 0.2) is 51.5 Å². The number of amides is 1. The van der Waals surface area contributed by atoms with Gasteiger partial charge in [-0.05, 0) is 64.7 Å². The van der Waals surface area contributed by atoms with E-state index in [1.807, 2.05) is 6.92 Å². The fraction of sp³-hybridized carbons (Fsp3) is 0.333. The lowest BCUT2D eigenvalue weighted by atomic mass is 9.86. The summed E-state index contributed by atoms with van der Waals surface area (Å²) < 4.78 is 6.02. The Morgan fingerprint density at radius 3 is 2.69 bits per heavy atom. The molecule has 1 fully saturated rings. The second-order valence-electron chi connectivity index (χ2n) is 7.67. The minimum absolute atomic E-state index is 0.0160. The molecule has 1 N–H and O–H groups in total. The number of nitrogens with zero attached hydrogens (tertiary/aromatic N) is 3. The topological polar surface area (TPSA) is 76.8 Å². The molecule has 2 heterocycles. The predicted molar refractivity (Wildman–Crippen MR) is 129 cm³/mol. The molecule has 2 aromatic carbocycles. The van der Waals surface area contributed by atoms with E-state index in [1.165, 1.54) is 17.3 Å². The number of carbonyl (C=O) groups excluding carboxylic acids is 1. The van der Waals surface area contributed by atoms with Crippen LogP contribution in [-0.2, 0) is 11.2 Å². The van der Waals surface area contributed by atoms with Crippen molar-refractivity contribution < 1.29 is 14.6 Å². The normalized spacial score (nSPS) is 18.4. The Morgan fingerprint density at radius 2 is 2.03 bits per heavy atom. The highest BCUT2D eigenvalue weighted by atomic mass is 79.9. The molecule has 1 amide bonds. The van der Waals surface area contributed by atoms with E-state index in [2.05, 4.69) is 58.1 Å². The first-order valence-electron chi connectivity index (χ1n) is 10.5. The number of phenols is 1. The molecule has 1 atom stereocenters. The van der Waals surface area contributed by atoms with Crippen LogP contribution >= 0.6 is 27.7 Å². The highest BCUT2D eigenvalue weighted by molar-refractivity contribution is 9.10. The number of nitriles is 1. The van der Waals surface area contributed by atoms with Crippen molar-refractivity contribution in [3.05, 3.63) is 62.6 Å². The van der Waals surface area contributed by atoms with Gasteiger partial charge in [-0.2, -0.15) is 5.26 Å². The maximum absolute atomic E-state index is 13.2. The third kappa shape index (κ3) is 4.19. The Hall–Kier alpha value is -2.63. The second kappa shape index (κ2) is 9.47. The van der Waals surface area contributed by atoms with Crippen LogP contribution in [0.5, 0.6) is 11.5 Å². The van der Waals surface area contributed by atoms with Gasteiger partial charge in [0.05, 0.1) is 40.3 Å². The maximum Gasteiger partial charge on any atom is 0.229 e. The van der Waals surface area contributed by atoms with Gasteiger partial charge in [-0.15, -0.1) is 0 Å². The van der Waals surface area contributed by atoms with Crippen molar-refractivity contribution in [2.45, 2.75) is 32.6 Å². The minimum atomic E-state index is -0.377. The Labute approximate surface area is 200 Å². The van der Waals surface area contributed by atoms with E-state index in [0.717, 1.165) is 22.7 Å². The summed E-state index contributed by atoms with van der Waals surface area (Å²) in [5, 5.41) is 21.0. The average molecular weight is 514 g/mol. The molecule has 8 heteroatoms. The molecule has 166 valence electrons. The number of aromatic hydroxyl groups is 1. The molecule has 1 saturated heterocycles. The van der Waals surface area contributed by atoms with Gasteiger partial charge in [0.15, 0.2) is 11.5 Å². The Morgan fingerprint density at radius 1 is 1.28 bits per heavy atom. The molecular formula is C24H24BrN3O3S. The van der Waals surface area contributed by atoms with Gasteiger partial charge in [0, 0.05) is 18.0 Å². The molecule has 32 heavy (non-hydrogen) atoms. The number of thioether (sulfide) groups is 1. The summed E-state index contributed by atoms with van der Waals surface area (Å²) in [5.41, 5.74) is 3.68. The number of hydrogen-bond donors (Lipinski definition) is 1. The molecule has 2 aromatic rings. The quantitative estimate of drug-likeness (QED) is 0.581. The minimum Gasteiger partial charge on any atom is -0.503 e. The van der Waals surface area contributed by atoms with Crippen LogP contribution in [0.2, 0.25) is 0 Å². The van der Waals surface area contributed by atoms with Gasteiger partial charge < -0.3 is 14.7 Å². The van der Waals surface area contributed by atoms with Crippen LogP contribution in [-0.4, -0.2) is 35.1 Å². The smallest absolute Gasteiger partial charge is 0.229 e. The van der Waals surface area contributed by atoms with E-state index in [1.54, 1.807) is 17.0 Å². The summed E-state index contributed by atoms with van der Waals surface area (Å²) >= 11 is 4.88. The summed E-state index contributed by atoms with van der Waals surface area (Å²) in [5.74, 6) is 0.618. The number of hydrogen-bond acceptors (Lipinski definition) is 6. The predicted octanol–water partition coefficient (Wildman–Crippen LogP) is 5.34. The van der Waals surface area contributed by atoms with E-state index in [-0.39, 0.29) is 24.0 Å². The first kappa shape index (κ1) is 22.6. The Balaban J connectivity index is 1.66. The monoisotopic (exact) mass is 513 g/mol. The molecule has 0 spiro atoms. The highest BCUT2D eigenvalue weighted by Gasteiger charge is 2.38. The number of ether oxygens (including phenoxy) is 1. The van der Waals surface area contributed by atoms with Gasteiger partial charge in [0.25, 0.3) is 0 Å². The fourth-order valence-electron chi connectivity index (χ4n) is 4.01. The molecule has 2 aliphatic rings. The number of phenolic OH excluding ortho intramolecular Hbond substituents is 1. The molecule has 0 aromatic heterocycles. The molecular weight excluding hydrogens is 490 g/mol. The summed E-state index contributed by atoms with van der Waals surface area (Å²) in [6.07, 6.45) is 1.18. The number of aryl methyl sites for hydroxylation is 1. The second-order valence-corrected chi connectivity index (χ2v) is 9.45. The molecule has 0 saturated carbocycles. The zero-order valence-electron chi connectivity index (χ0n) is 18.0. The zero-order valence-corrected chi connectivity index (χ0v) is 20.4. The van der Waals surface area contributed by atoms with Crippen molar-refractivity contribution in [2.75, 3.05) is 24.1 Å². The number of anilines is 1. The summed E-state index contributed by atoms with van der Waals surface area (Å²) in [6.45, 7) is 4.79. The lowest BCUT2D eigenvalue weighted by molar-refractivity contribution is -0.129. The molecule has 0 radical (unpaired) electrons. The van der Waals surface area contributed by atoms with Gasteiger partial charge in [-0.3, -0.25) is 9.69 Å². The highest BCUT2D eigenvalue weighted by Crippen LogP contribution is 2.46. The van der Waals surface area contributed by atoms with Crippen LogP contribution in [0.4, 0.5) is 5.69 Å². The van der Waals surface area contributed by atoms with E-state index >= 15 is 0 Å². The number of halogens is 1. The van der Waals surface area contributed by atoms with Crippen LogP contribution in [0.1, 0.15) is 37.3 Å². The van der Waals surface area contributed by atoms with Gasteiger partial charge in [-0.1, -0.05) is 30.8 Å². The van der Waals surface area contributed by atoms with E-state index in [9.17, 15) is 15.2 Å². The van der Waals surface area contributed by atoms with Crippen LogP contribution in [0.25, 0.3) is 0 Å².